The molecule has 1 aliphatic rings. The molecular formula is C22H29N. The molecule has 0 radical (unpaired) electrons. The summed E-state index contributed by atoms with van der Waals surface area (Å²) < 4.78 is 0. The van der Waals surface area contributed by atoms with Crippen molar-refractivity contribution in [3.8, 4) is 11.8 Å². The maximum atomic E-state index is 3.44. The first-order valence-electron chi connectivity index (χ1n) is 8.42. The molecule has 0 saturated carbocycles. The second kappa shape index (κ2) is 6.67. The molecule has 122 valence electrons. The summed E-state index contributed by atoms with van der Waals surface area (Å²) in [6, 6.07) is 8.66. The molecule has 0 spiro atoms. The van der Waals surface area contributed by atoms with Gasteiger partial charge in [0.25, 0.3) is 0 Å². The van der Waals surface area contributed by atoms with Crippen LogP contribution < -0.4 is 5.32 Å². The highest BCUT2D eigenvalue weighted by Gasteiger charge is 2.16. The van der Waals surface area contributed by atoms with Gasteiger partial charge in [-0.05, 0) is 46.9 Å². The van der Waals surface area contributed by atoms with E-state index < -0.39 is 0 Å². The van der Waals surface area contributed by atoms with Crippen LogP contribution in [-0.2, 0) is 5.41 Å². The number of anilines is 1. The van der Waals surface area contributed by atoms with Crippen LogP contribution in [0.1, 0.15) is 59.9 Å². The molecule has 0 fully saturated rings. The zero-order valence-corrected chi connectivity index (χ0v) is 15.4. The van der Waals surface area contributed by atoms with Gasteiger partial charge in [0.1, 0.15) is 0 Å². The lowest BCUT2D eigenvalue weighted by molar-refractivity contribution is 0.493. The Morgan fingerprint density at radius 1 is 0.870 bits per heavy atom. The van der Waals surface area contributed by atoms with E-state index in [2.05, 4.69) is 95.1 Å². The Balaban J connectivity index is 2.09. The van der Waals surface area contributed by atoms with Crippen LogP contribution in [0.5, 0.6) is 0 Å². The molecule has 0 bridgehead atoms. The molecule has 1 aromatic carbocycles. The smallest absolute Gasteiger partial charge is 0.0860 e. The second-order valence-corrected chi connectivity index (χ2v) is 8.26. The SMILES string of the molecule is CC(C)(C)/C1=C/C/C=C(/Nc2ccc(C(C)(C)C)cc2)C#CC1. The first-order valence-corrected chi connectivity index (χ1v) is 8.42. The Labute approximate surface area is 141 Å². The van der Waals surface area contributed by atoms with E-state index in [0.717, 1.165) is 24.2 Å². The fourth-order valence-corrected chi connectivity index (χ4v) is 2.54. The Morgan fingerprint density at radius 2 is 1.52 bits per heavy atom. The summed E-state index contributed by atoms with van der Waals surface area (Å²) in [7, 11) is 0. The molecule has 0 aromatic heterocycles. The predicted molar refractivity (Wildman–Crippen MR) is 101 cm³/mol. The van der Waals surface area contributed by atoms with Crippen molar-refractivity contribution in [3.63, 3.8) is 0 Å². The van der Waals surface area contributed by atoms with Crippen LogP contribution in [0.2, 0.25) is 0 Å². The quantitative estimate of drug-likeness (QED) is 0.518. The van der Waals surface area contributed by atoms with Crippen LogP contribution >= 0.6 is 0 Å². The summed E-state index contributed by atoms with van der Waals surface area (Å²) in [6.07, 6.45) is 6.28. The predicted octanol–water partition coefficient (Wildman–Crippen LogP) is 6.05. The van der Waals surface area contributed by atoms with Crippen LogP contribution in [0.25, 0.3) is 0 Å². The number of rotatable bonds is 2. The van der Waals surface area contributed by atoms with Crippen molar-refractivity contribution in [2.24, 2.45) is 5.41 Å². The lowest BCUT2D eigenvalue weighted by atomic mass is 9.83. The average Bonchev–Trinajstić information content (AvgIpc) is 2.39. The van der Waals surface area contributed by atoms with Crippen molar-refractivity contribution in [1.82, 2.24) is 0 Å². The largest absolute Gasteiger partial charge is 0.349 e. The van der Waals surface area contributed by atoms with E-state index in [-0.39, 0.29) is 10.8 Å². The molecule has 1 aromatic rings. The average molecular weight is 307 g/mol. The molecule has 1 heteroatoms. The van der Waals surface area contributed by atoms with Crippen LogP contribution in [0.4, 0.5) is 5.69 Å². The fourth-order valence-electron chi connectivity index (χ4n) is 2.54. The Hall–Kier alpha value is -1.94. The van der Waals surface area contributed by atoms with Crippen molar-refractivity contribution in [2.45, 2.75) is 59.8 Å². The number of allylic oxidation sites excluding steroid dienone is 4. The van der Waals surface area contributed by atoms with Crippen LogP contribution in [0.15, 0.2) is 47.7 Å². The van der Waals surface area contributed by atoms with Gasteiger partial charge in [0, 0.05) is 12.1 Å². The third kappa shape index (κ3) is 5.03. The summed E-state index contributed by atoms with van der Waals surface area (Å²) in [5.41, 5.74) is 5.26. The molecule has 2 rings (SSSR count). The molecule has 0 heterocycles. The van der Waals surface area contributed by atoms with Gasteiger partial charge in [-0.15, -0.1) is 0 Å². The van der Waals surface area contributed by atoms with Gasteiger partial charge in [0.2, 0.25) is 0 Å². The zero-order chi connectivity index (χ0) is 17.1. The summed E-state index contributed by atoms with van der Waals surface area (Å²) >= 11 is 0. The highest BCUT2D eigenvalue weighted by molar-refractivity contribution is 5.54. The molecule has 1 nitrogen and oxygen atoms in total. The number of hydrogen-bond donors (Lipinski definition) is 1. The summed E-state index contributed by atoms with van der Waals surface area (Å²) in [6.45, 7) is 13.5. The zero-order valence-electron chi connectivity index (χ0n) is 15.4. The van der Waals surface area contributed by atoms with Gasteiger partial charge in [-0.25, -0.2) is 0 Å². The maximum Gasteiger partial charge on any atom is 0.0860 e. The van der Waals surface area contributed by atoms with Crippen LogP contribution in [0, 0.1) is 17.3 Å². The lowest BCUT2D eigenvalue weighted by Crippen LogP contribution is -2.11. The summed E-state index contributed by atoms with van der Waals surface area (Å²) in [5.74, 6) is 6.58. The van der Waals surface area contributed by atoms with E-state index >= 15 is 0 Å². The van der Waals surface area contributed by atoms with Crippen LogP contribution in [0.3, 0.4) is 0 Å². The highest BCUT2D eigenvalue weighted by atomic mass is 14.9. The first kappa shape index (κ1) is 17.4. The second-order valence-electron chi connectivity index (χ2n) is 8.26. The topological polar surface area (TPSA) is 12.0 Å². The molecular weight excluding hydrogens is 278 g/mol. The van der Waals surface area contributed by atoms with Crippen molar-refractivity contribution >= 4 is 5.69 Å². The van der Waals surface area contributed by atoms with Crippen molar-refractivity contribution in [3.05, 3.63) is 53.3 Å². The van der Waals surface area contributed by atoms with Gasteiger partial charge >= 0.3 is 0 Å². The van der Waals surface area contributed by atoms with Crippen molar-refractivity contribution in [2.75, 3.05) is 5.32 Å². The van der Waals surface area contributed by atoms with E-state index in [1.165, 1.54) is 11.1 Å². The number of nitrogens with one attached hydrogen (secondary N) is 1. The Morgan fingerprint density at radius 3 is 2.09 bits per heavy atom. The third-order valence-corrected chi connectivity index (χ3v) is 4.18. The highest BCUT2D eigenvalue weighted by Crippen LogP contribution is 2.29. The van der Waals surface area contributed by atoms with Crippen molar-refractivity contribution in [1.29, 1.82) is 0 Å². The van der Waals surface area contributed by atoms with E-state index in [0.29, 0.717) is 0 Å². The minimum Gasteiger partial charge on any atom is -0.349 e. The van der Waals surface area contributed by atoms with E-state index in [9.17, 15) is 0 Å². The standard InChI is InChI=1S/C22H29N/c1-21(2,3)17-9-7-11-19(12-8-10-17)23-20-15-13-18(14-16-20)22(4,5)6/h9,11,13-16,23H,7,10H2,1-6H3/b17-9+,19-11+. The minimum absolute atomic E-state index is 0.186. The van der Waals surface area contributed by atoms with Crippen LogP contribution in [-0.4, -0.2) is 0 Å². The van der Waals surface area contributed by atoms with Gasteiger partial charge < -0.3 is 5.32 Å². The Bertz CT molecular complexity index is 662. The monoisotopic (exact) mass is 307 g/mol. The molecule has 0 atom stereocenters. The third-order valence-electron chi connectivity index (χ3n) is 4.18. The van der Waals surface area contributed by atoms with Gasteiger partial charge in [0.15, 0.2) is 0 Å². The van der Waals surface area contributed by atoms with Gasteiger partial charge in [0.05, 0.1) is 5.70 Å². The maximum absolute atomic E-state index is 3.44. The van der Waals surface area contributed by atoms with Crippen molar-refractivity contribution < 1.29 is 0 Å². The minimum atomic E-state index is 0.186. The van der Waals surface area contributed by atoms with Gasteiger partial charge in [-0.3, -0.25) is 0 Å². The van der Waals surface area contributed by atoms with E-state index in [1.54, 1.807) is 0 Å². The number of benzene rings is 1. The molecule has 0 unspecified atom stereocenters. The summed E-state index contributed by atoms with van der Waals surface area (Å²) in [4.78, 5) is 0. The van der Waals surface area contributed by atoms with E-state index in [4.69, 9.17) is 0 Å². The summed E-state index contributed by atoms with van der Waals surface area (Å²) in [5, 5.41) is 3.44. The molecule has 0 aliphatic heterocycles. The van der Waals surface area contributed by atoms with E-state index in [1.807, 2.05) is 0 Å². The normalized spacial score (nSPS) is 20.1. The molecule has 0 amide bonds. The Kier molecular flexibility index (Phi) is 5.05. The fraction of sp³-hybridized carbons (Fsp3) is 0.455. The number of hydrogen-bond acceptors (Lipinski definition) is 1. The lowest BCUT2D eigenvalue weighted by Gasteiger charge is -2.22. The van der Waals surface area contributed by atoms with Gasteiger partial charge in [-0.2, -0.15) is 0 Å². The van der Waals surface area contributed by atoms with Gasteiger partial charge in [-0.1, -0.05) is 71.2 Å². The molecule has 1 aliphatic carbocycles. The first-order chi connectivity index (χ1) is 10.7. The molecule has 1 N–H and O–H groups in total. The molecule has 0 saturated heterocycles. The molecule has 23 heavy (non-hydrogen) atoms.